The van der Waals surface area contributed by atoms with Crippen molar-refractivity contribution >= 4 is 38.8 Å². The summed E-state index contributed by atoms with van der Waals surface area (Å²) in [7, 11) is 0.731. The summed E-state index contributed by atoms with van der Waals surface area (Å²) in [5.41, 5.74) is 10.6. The predicted octanol–water partition coefficient (Wildman–Crippen LogP) is 4.90. The third-order valence-electron chi connectivity index (χ3n) is 12.1. The average Bonchev–Trinajstić information content (AvgIpc) is 3.81. The van der Waals surface area contributed by atoms with Crippen molar-refractivity contribution in [1.29, 1.82) is 0 Å². The van der Waals surface area contributed by atoms with Gasteiger partial charge in [0, 0.05) is 69.2 Å². The molecule has 7 rings (SSSR count). The molecule has 2 saturated carbocycles. The number of fused-ring (bicyclic) bond motifs is 5. The van der Waals surface area contributed by atoms with Gasteiger partial charge in [-0.3, -0.25) is 9.59 Å². The lowest BCUT2D eigenvalue weighted by Gasteiger charge is -2.46. The van der Waals surface area contributed by atoms with E-state index in [-0.39, 0.29) is 54.3 Å². The molecule has 2 aliphatic heterocycles. The van der Waals surface area contributed by atoms with Gasteiger partial charge in [0.25, 0.3) is 0 Å². The lowest BCUT2D eigenvalue weighted by atomic mass is 9.70. The number of rotatable bonds is 8. The third-order valence-corrected chi connectivity index (χ3v) is 13.1. The van der Waals surface area contributed by atoms with E-state index < -0.39 is 15.6 Å². The van der Waals surface area contributed by atoms with Crippen LogP contribution in [0, 0.1) is 5.41 Å². The second-order valence-electron chi connectivity index (χ2n) is 15.6. The first-order valence-corrected chi connectivity index (χ1v) is 20.0. The first-order valence-electron chi connectivity index (χ1n) is 18.5. The zero-order valence-electron chi connectivity index (χ0n) is 31.2. The van der Waals surface area contributed by atoms with Gasteiger partial charge in [-0.25, -0.2) is 0 Å². The van der Waals surface area contributed by atoms with Gasteiger partial charge in [-0.2, -0.15) is 13.1 Å². The molecule has 2 aromatic carbocycles. The minimum Gasteiger partial charge on any atom is -0.497 e. The van der Waals surface area contributed by atoms with Crippen LogP contribution < -0.4 is 15.2 Å². The maximum absolute atomic E-state index is 15.6. The summed E-state index contributed by atoms with van der Waals surface area (Å²) in [6, 6.07) is 11.9. The number of carbonyl (C=O) groups excluding carboxylic acids is 2. The van der Waals surface area contributed by atoms with Crippen LogP contribution in [0.25, 0.3) is 22.2 Å². The van der Waals surface area contributed by atoms with Gasteiger partial charge in [-0.15, -0.1) is 4.40 Å². The molecule has 1 saturated heterocycles. The summed E-state index contributed by atoms with van der Waals surface area (Å²) in [5, 5.41) is 1.05. The number of amidine groups is 1. The Morgan fingerprint density at radius 3 is 2.48 bits per heavy atom. The summed E-state index contributed by atoms with van der Waals surface area (Å²) < 4.78 is 45.3. The maximum atomic E-state index is 15.6. The lowest BCUT2D eigenvalue weighted by molar-refractivity contribution is -0.162. The van der Waals surface area contributed by atoms with Crippen LogP contribution in [0.3, 0.4) is 0 Å². The number of nitrogens with zero attached hydrogens (tertiary/aromatic N) is 4. The number of methoxy groups -OCH3 is 1. The first-order chi connectivity index (χ1) is 24.7. The van der Waals surface area contributed by atoms with Crippen LogP contribution in [-0.4, -0.2) is 93.0 Å². The summed E-state index contributed by atoms with van der Waals surface area (Å²) in [6.07, 6.45) is 7.27. The quantitative estimate of drug-likeness (QED) is 0.248. The zero-order valence-corrected chi connectivity index (χ0v) is 32.0. The smallest absolute Gasteiger partial charge is 0.321 e. The minimum atomic E-state index is -3.99. The SMILES string of the molecule is CNS(=O)(=O)/N=C(\N)c1ccc2c(C3CCCCC3)c3n(c2c1)CC(CN(C)C(C)=O)(C(=O)N1C[C@H](C)OC2(CC2)C1)C(C)c1cc(OC)ccc1-3. The van der Waals surface area contributed by atoms with Gasteiger partial charge in [0.05, 0.1) is 29.9 Å². The number of nitrogens with two attached hydrogens (primary N) is 1. The second-order valence-corrected chi connectivity index (χ2v) is 17.1. The van der Waals surface area contributed by atoms with Gasteiger partial charge < -0.3 is 29.6 Å². The van der Waals surface area contributed by atoms with E-state index in [0.29, 0.717) is 24.4 Å². The normalized spacial score (nSPS) is 24.7. The van der Waals surface area contributed by atoms with Crippen LogP contribution in [-0.2, 0) is 31.1 Å². The van der Waals surface area contributed by atoms with Crippen LogP contribution in [0.15, 0.2) is 40.8 Å². The van der Waals surface area contributed by atoms with Crippen LogP contribution in [0.4, 0.5) is 0 Å². The Hall–Kier alpha value is -3.94. The zero-order chi connectivity index (χ0) is 37.2. The number of benzene rings is 2. The Bertz CT molecular complexity index is 2050. The molecule has 13 heteroatoms. The number of carbonyl (C=O) groups is 2. The Labute approximate surface area is 306 Å². The minimum absolute atomic E-state index is 0.00504. The molecule has 3 heterocycles. The molecule has 2 amide bonds. The van der Waals surface area contributed by atoms with E-state index in [9.17, 15) is 13.2 Å². The molecule has 12 nitrogen and oxygen atoms in total. The van der Waals surface area contributed by atoms with Crippen molar-refractivity contribution in [2.24, 2.45) is 15.5 Å². The number of hydrogen-bond donors (Lipinski definition) is 2. The number of nitrogens with one attached hydrogen (secondary N) is 1. The fourth-order valence-corrected chi connectivity index (χ4v) is 9.59. The lowest BCUT2D eigenvalue weighted by Crippen LogP contribution is -2.59. The molecule has 1 aromatic heterocycles. The Morgan fingerprint density at radius 2 is 1.83 bits per heavy atom. The van der Waals surface area contributed by atoms with Crippen molar-refractivity contribution in [1.82, 2.24) is 19.1 Å². The largest absolute Gasteiger partial charge is 0.497 e. The van der Waals surface area contributed by atoms with E-state index in [4.69, 9.17) is 15.2 Å². The molecule has 0 bridgehead atoms. The average molecular weight is 733 g/mol. The van der Waals surface area contributed by atoms with Crippen LogP contribution in [0.1, 0.15) is 94.2 Å². The summed E-state index contributed by atoms with van der Waals surface area (Å²) in [5.74, 6) is 0.399. The van der Waals surface area contributed by atoms with Crippen LogP contribution in [0.5, 0.6) is 5.75 Å². The summed E-state index contributed by atoms with van der Waals surface area (Å²) >= 11 is 0. The highest BCUT2D eigenvalue weighted by Gasteiger charge is 2.56. The molecule has 3 atom stereocenters. The molecular formula is C39H52N6O6S. The van der Waals surface area contributed by atoms with Gasteiger partial charge in [0.1, 0.15) is 11.6 Å². The van der Waals surface area contributed by atoms with Gasteiger partial charge in [-0.05, 0) is 79.8 Å². The van der Waals surface area contributed by atoms with E-state index in [1.165, 1.54) is 26.0 Å². The van der Waals surface area contributed by atoms with Crippen LogP contribution >= 0.6 is 0 Å². The van der Waals surface area contributed by atoms with Crippen molar-refractivity contribution in [2.75, 3.05) is 40.8 Å². The molecule has 52 heavy (non-hydrogen) atoms. The molecule has 2 unspecified atom stereocenters. The van der Waals surface area contributed by atoms with Gasteiger partial charge in [0.15, 0.2) is 0 Å². The molecule has 3 N–H and O–H groups in total. The fourth-order valence-electron chi connectivity index (χ4n) is 9.13. The highest BCUT2D eigenvalue weighted by Crippen LogP contribution is 2.54. The molecule has 1 spiro atoms. The number of ether oxygens (including phenoxy) is 2. The summed E-state index contributed by atoms with van der Waals surface area (Å²) in [6.45, 7) is 7.15. The van der Waals surface area contributed by atoms with Crippen molar-refractivity contribution in [3.05, 3.63) is 53.1 Å². The molecule has 0 radical (unpaired) electrons. The highest BCUT2D eigenvalue weighted by molar-refractivity contribution is 7.88. The van der Waals surface area contributed by atoms with E-state index in [2.05, 4.69) is 32.7 Å². The number of amides is 2. The molecule has 280 valence electrons. The number of morpholine rings is 1. The first kappa shape index (κ1) is 36.4. The summed E-state index contributed by atoms with van der Waals surface area (Å²) in [4.78, 5) is 32.3. The Kier molecular flexibility index (Phi) is 9.44. The van der Waals surface area contributed by atoms with Crippen molar-refractivity contribution in [3.8, 4) is 17.0 Å². The van der Waals surface area contributed by atoms with E-state index in [1.807, 2.05) is 36.1 Å². The highest BCUT2D eigenvalue weighted by atomic mass is 32.2. The van der Waals surface area contributed by atoms with Crippen molar-refractivity contribution in [2.45, 2.75) is 95.8 Å². The Morgan fingerprint density at radius 1 is 1.10 bits per heavy atom. The van der Waals surface area contributed by atoms with Gasteiger partial charge >= 0.3 is 10.2 Å². The van der Waals surface area contributed by atoms with Gasteiger partial charge in [-0.1, -0.05) is 38.3 Å². The standard InChI is InChI=1S/C39H52N6O6S/c1-24-20-44(21-38(51-24)16-17-38)37(47)39(22-43(5)26(3)46)23-45-33-18-28(36(40)42-52(48,49)41-4)12-14-31(33)34(27-10-8-7-9-11-27)35(45)30-15-13-29(50-6)19-32(30)25(39)2/h12-15,18-19,24-25,27,41H,7-11,16-17,20-23H2,1-6H3,(H2,40,42)/t24-,25?,39?/m0/s1. The van der Waals surface area contributed by atoms with Crippen LogP contribution in [0.2, 0.25) is 0 Å². The monoisotopic (exact) mass is 732 g/mol. The van der Waals surface area contributed by atoms with Gasteiger partial charge in [0.2, 0.25) is 11.8 Å². The number of hydrogen-bond acceptors (Lipinski definition) is 6. The predicted molar refractivity (Wildman–Crippen MR) is 202 cm³/mol. The molecule has 2 aliphatic carbocycles. The van der Waals surface area contributed by atoms with E-state index >= 15 is 4.79 Å². The molecule has 4 aliphatic rings. The van der Waals surface area contributed by atoms with E-state index in [1.54, 1.807) is 19.1 Å². The van der Waals surface area contributed by atoms with Crippen molar-refractivity contribution in [3.63, 3.8) is 0 Å². The molecular weight excluding hydrogens is 681 g/mol. The van der Waals surface area contributed by atoms with E-state index in [0.717, 1.165) is 66.2 Å². The number of aromatic nitrogens is 1. The topological polar surface area (TPSA) is 149 Å². The third kappa shape index (κ3) is 6.38. The Balaban J connectivity index is 1.53. The van der Waals surface area contributed by atoms with Crippen molar-refractivity contribution < 1.29 is 27.5 Å². The molecule has 3 aromatic rings. The maximum Gasteiger partial charge on any atom is 0.321 e. The second kappa shape index (κ2) is 13.5. The molecule has 3 fully saturated rings. The fraction of sp³-hybridized carbons (Fsp3) is 0.564.